The summed E-state index contributed by atoms with van der Waals surface area (Å²) in [5, 5.41) is 0. The lowest BCUT2D eigenvalue weighted by atomic mass is 9.73. The fourth-order valence-corrected chi connectivity index (χ4v) is 5.90. The van der Waals surface area contributed by atoms with Crippen LogP contribution in [0.5, 0.6) is 5.75 Å². The number of benzene rings is 2. The average molecular weight is 503 g/mol. The van der Waals surface area contributed by atoms with Crippen molar-refractivity contribution in [3.05, 3.63) is 64.5 Å². The quantitative estimate of drug-likeness (QED) is 0.324. The van der Waals surface area contributed by atoms with E-state index in [4.69, 9.17) is 9.47 Å². The van der Waals surface area contributed by atoms with Crippen LogP contribution in [0.1, 0.15) is 98.4 Å². The molecule has 196 valence electrons. The zero-order chi connectivity index (χ0) is 25.7. The fourth-order valence-electron chi connectivity index (χ4n) is 5.90. The monoisotopic (exact) mass is 502 g/mol. The van der Waals surface area contributed by atoms with Crippen LogP contribution in [0.4, 0.5) is 13.2 Å². The Hall–Kier alpha value is -2.34. The topological polar surface area (TPSA) is 35.5 Å². The first-order chi connectivity index (χ1) is 17.4. The van der Waals surface area contributed by atoms with Gasteiger partial charge >= 0.3 is 0 Å². The number of hydrogen-bond donors (Lipinski definition) is 0. The van der Waals surface area contributed by atoms with Gasteiger partial charge in [0.2, 0.25) is 0 Å². The number of ketones is 1. The minimum absolute atomic E-state index is 0.0450. The molecule has 36 heavy (non-hydrogen) atoms. The van der Waals surface area contributed by atoms with Crippen molar-refractivity contribution in [3.63, 3.8) is 0 Å². The van der Waals surface area contributed by atoms with E-state index >= 15 is 0 Å². The number of rotatable bonds is 9. The van der Waals surface area contributed by atoms with E-state index in [-0.39, 0.29) is 30.4 Å². The van der Waals surface area contributed by atoms with Crippen LogP contribution >= 0.6 is 0 Å². The Morgan fingerprint density at radius 1 is 0.972 bits per heavy atom. The van der Waals surface area contributed by atoms with Crippen molar-refractivity contribution in [1.29, 1.82) is 0 Å². The molecule has 0 aromatic heterocycles. The number of carbonyl (C=O) groups is 1. The van der Waals surface area contributed by atoms with Crippen molar-refractivity contribution in [2.75, 3.05) is 13.2 Å². The summed E-state index contributed by atoms with van der Waals surface area (Å²) >= 11 is 0. The summed E-state index contributed by atoms with van der Waals surface area (Å²) in [6.45, 7) is 4.87. The zero-order valence-corrected chi connectivity index (χ0v) is 21.3. The number of halogens is 3. The van der Waals surface area contributed by atoms with Crippen LogP contribution in [0.25, 0.3) is 0 Å². The van der Waals surface area contributed by atoms with Gasteiger partial charge in [-0.1, -0.05) is 50.5 Å². The van der Waals surface area contributed by atoms with E-state index in [1.54, 1.807) is 6.92 Å². The molecule has 0 radical (unpaired) electrons. The second-order valence-electron chi connectivity index (χ2n) is 10.3. The summed E-state index contributed by atoms with van der Waals surface area (Å²) in [6, 6.07) is 10.0. The SMILES string of the molecule is CCOc1ccc(C(=O)Cc2ccc(C3CCC(C4CCC(CC)CC4)CO3)cc2)c(C(F)F)c1F. The van der Waals surface area contributed by atoms with Gasteiger partial charge in [-0.2, -0.15) is 0 Å². The van der Waals surface area contributed by atoms with Crippen LogP contribution in [0.3, 0.4) is 0 Å². The van der Waals surface area contributed by atoms with Crippen LogP contribution in [0.2, 0.25) is 0 Å². The Balaban J connectivity index is 1.35. The van der Waals surface area contributed by atoms with Crippen LogP contribution in [-0.4, -0.2) is 19.0 Å². The Morgan fingerprint density at radius 2 is 1.67 bits per heavy atom. The normalized spacial score (nSPS) is 24.6. The molecule has 0 N–H and O–H groups in total. The summed E-state index contributed by atoms with van der Waals surface area (Å²) < 4.78 is 53.0. The Morgan fingerprint density at radius 3 is 2.25 bits per heavy atom. The van der Waals surface area contributed by atoms with E-state index in [0.29, 0.717) is 11.5 Å². The first-order valence-corrected chi connectivity index (χ1v) is 13.4. The van der Waals surface area contributed by atoms with Crippen molar-refractivity contribution >= 4 is 5.78 Å². The highest BCUT2D eigenvalue weighted by molar-refractivity contribution is 5.99. The van der Waals surface area contributed by atoms with Gasteiger partial charge < -0.3 is 9.47 Å². The highest BCUT2D eigenvalue weighted by Crippen LogP contribution is 2.41. The molecule has 2 aromatic carbocycles. The van der Waals surface area contributed by atoms with Gasteiger partial charge in [0.05, 0.1) is 24.9 Å². The van der Waals surface area contributed by atoms with Crippen molar-refractivity contribution in [2.24, 2.45) is 17.8 Å². The maximum atomic E-state index is 14.5. The molecule has 2 atom stereocenters. The average Bonchev–Trinajstić information content (AvgIpc) is 2.90. The molecule has 0 spiro atoms. The van der Waals surface area contributed by atoms with Crippen LogP contribution in [-0.2, 0) is 11.2 Å². The summed E-state index contributed by atoms with van der Waals surface area (Å²) in [5.74, 6) is 0.354. The minimum atomic E-state index is -3.11. The van der Waals surface area contributed by atoms with Gasteiger partial charge in [-0.25, -0.2) is 13.2 Å². The second kappa shape index (κ2) is 12.3. The number of carbonyl (C=O) groups excluding carboxylic acids is 1. The molecule has 2 aliphatic rings. The number of hydrogen-bond acceptors (Lipinski definition) is 3. The third-order valence-electron chi connectivity index (χ3n) is 8.13. The molecule has 1 heterocycles. The van der Waals surface area contributed by atoms with E-state index in [1.165, 1.54) is 50.7 Å². The predicted molar refractivity (Wildman–Crippen MR) is 134 cm³/mol. The van der Waals surface area contributed by atoms with Crippen LogP contribution in [0.15, 0.2) is 36.4 Å². The van der Waals surface area contributed by atoms with Gasteiger partial charge in [0.15, 0.2) is 17.3 Å². The molecule has 2 fully saturated rings. The Bertz CT molecular complexity index is 1000. The van der Waals surface area contributed by atoms with Gasteiger partial charge in [0.25, 0.3) is 6.43 Å². The van der Waals surface area contributed by atoms with Gasteiger partial charge in [0.1, 0.15) is 0 Å². The molecule has 0 amide bonds. The molecule has 2 unspecified atom stereocenters. The highest BCUT2D eigenvalue weighted by Gasteiger charge is 2.31. The highest BCUT2D eigenvalue weighted by atomic mass is 19.3. The standard InChI is InChI=1S/C30H37F3O3/c1-3-19-5-9-21(10-6-19)23-13-15-26(36-18-23)22-11-7-20(8-12-22)17-25(34)24-14-16-27(35-4-2)29(31)28(24)30(32)33/h7-8,11-12,14,16,19,21,23,26,30H,3-6,9-10,13,15,17-18H2,1-2H3. The Labute approximate surface area is 212 Å². The molecule has 1 saturated carbocycles. The molecular formula is C30H37F3O3. The fraction of sp³-hybridized carbons (Fsp3) is 0.567. The van der Waals surface area contributed by atoms with E-state index < -0.39 is 23.6 Å². The molecule has 3 nitrogen and oxygen atoms in total. The summed E-state index contributed by atoms with van der Waals surface area (Å²) in [6.07, 6.45) is 5.66. The molecule has 1 aliphatic heterocycles. The molecule has 4 rings (SSSR count). The van der Waals surface area contributed by atoms with Gasteiger partial charge in [0, 0.05) is 12.0 Å². The molecule has 0 bridgehead atoms. The molecular weight excluding hydrogens is 465 g/mol. The van der Waals surface area contributed by atoms with Gasteiger partial charge in [-0.3, -0.25) is 4.79 Å². The smallest absolute Gasteiger partial charge is 0.267 e. The lowest BCUT2D eigenvalue weighted by Gasteiger charge is -2.37. The molecule has 1 aliphatic carbocycles. The summed E-state index contributed by atoms with van der Waals surface area (Å²) in [5.41, 5.74) is 0.569. The largest absolute Gasteiger partial charge is 0.491 e. The van der Waals surface area contributed by atoms with Crippen LogP contribution in [0, 0.1) is 23.6 Å². The van der Waals surface area contributed by atoms with Gasteiger partial charge in [-0.05, 0) is 73.6 Å². The second-order valence-corrected chi connectivity index (χ2v) is 10.3. The number of alkyl halides is 2. The van der Waals surface area contributed by atoms with Crippen molar-refractivity contribution in [3.8, 4) is 5.75 Å². The van der Waals surface area contributed by atoms with Crippen molar-refractivity contribution in [2.45, 2.75) is 77.7 Å². The number of Topliss-reactive ketones (excluding diaryl/α,β-unsaturated/α-hetero) is 1. The first-order valence-electron chi connectivity index (χ1n) is 13.4. The number of ether oxygens (including phenoxy) is 2. The third kappa shape index (κ3) is 6.13. The summed E-state index contributed by atoms with van der Waals surface area (Å²) in [4.78, 5) is 12.8. The van der Waals surface area contributed by atoms with Crippen molar-refractivity contribution < 1.29 is 27.4 Å². The zero-order valence-electron chi connectivity index (χ0n) is 21.3. The maximum absolute atomic E-state index is 14.5. The molecule has 2 aromatic rings. The van der Waals surface area contributed by atoms with Crippen LogP contribution < -0.4 is 4.74 Å². The maximum Gasteiger partial charge on any atom is 0.267 e. The van der Waals surface area contributed by atoms with E-state index in [1.807, 2.05) is 24.3 Å². The third-order valence-corrected chi connectivity index (χ3v) is 8.13. The van der Waals surface area contributed by atoms with E-state index in [2.05, 4.69) is 6.92 Å². The summed E-state index contributed by atoms with van der Waals surface area (Å²) in [7, 11) is 0. The molecule has 1 saturated heterocycles. The molecule has 6 heteroatoms. The minimum Gasteiger partial charge on any atom is -0.491 e. The predicted octanol–water partition coefficient (Wildman–Crippen LogP) is 8.27. The van der Waals surface area contributed by atoms with Gasteiger partial charge in [-0.15, -0.1) is 0 Å². The van der Waals surface area contributed by atoms with Crippen molar-refractivity contribution in [1.82, 2.24) is 0 Å². The Kier molecular flexibility index (Phi) is 9.10. The lowest BCUT2D eigenvalue weighted by Crippen LogP contribution is -2.29. The lowest BCUT2D eigenvalue weighted by molar-refractivity contribution is -0.0403. The van der Waals surface area contributed by atoms with E-state index in [9.17, 15) is 18.0 Å². The van der Waals surface area contributed by atoms with E-state index in [0.717, 1.165) is 30.4 Å². The first kappa shape index (κ1) is 26.7.